The number of carbonyl (C=O) groups excluding carboxylic acids is 1. The number of aromatic nitrogens is 1. The molecule has 0 bridgehead atoms. The van der Waals surface area contributed by atoms with Gasteiger partial charge in [-0.3, -0.25) is 9.69 Å². The first kappa shape index (κ1) is 18.9. The van der Waals surface area contributed by atoms with E-state index in [1.807, 2.05) is 36.4 Å². The Hall–Kier alpha value is -3.43. The van der Waals surface area contributed by atoms with E-state index in [4.69, 9.17) is 4.42 Å². The molecular weight excluding hydrogens is 364 g/mol. The van der Waals surface area contributed by atoms with E-state index in [-0.39, 0.29) is 5.78 Å². The highest BCUT2D eigenvalue weighted by Gasteiger charge is 2.21. The summed E-state index contributed by atoms with van der Waals surface area (Å²) in [6.45, 7) is 5.42. The summed E-state index contributed by atoms with van der Waals surface area (Å²) in [5, 5.41) is 9.43. The van der Waals surface area contributed by atoms with Gasteiger partial charge in [0.15, 0.2) is 5.78 Å². The second-order valence-corrected chi connectivity index (χ2v) is 7.16. The fourth-order valence-electron chi connectivity index (χ4n) is 3.57. The molecule has 0 aliphatic carbocycles. The van der Waals surface area contributed by atoms with E-state index in [2.05, 4.69) is 20.9 Å². The van der Waals surface area contributed by atoms with Crippen molar-refractivity contribution in [1.82, 2.24) is 9.88 Å². The first-order valence-electron chi connectivity index (χ1n) is 9.66. The summed E-state index contributed by atoms with van der Waals surface area (Å²) < 4.78 is 5.66. The van der Waals surface area contributed by atoms with Gasteiger partial charge in [0.2, 0.25) is 5.89 Å². The Kier molecular flexibility index (Phi) is 5.41. The predicted molar refractivity (Wildman–Crippen MR) is 111 cm³/mol. The lowest BCUT2D eigenvalue weighted by atomic mass is 10.1. The maximum atomic E-state index is 11.7. The van der Waals surface area contributed by atoms with Crippen LogP contribution in [0.4, 0.5) is 5.69 Å². The molecule has 0 unspecified atom stereocenters. The Morgan fingerprint density at radius 1 is 1.14 bits per heavy atom. The second-order valence-electron chi connectivity index (χ2n) is 7.16. The van der Waals surface area contributed by atoms with Crippen LogP contribution in [0.3, 0.4) is 0 Å². The van der Waals surface area contributed by atoms with E-state index in [1.54, 1.807) is 25.3 Å². The molecule has 6 heteroatoms. The fourth-order valence-corrected chi connectivity index (χ4v) is 3.57. The van der Waals surface area contributed by atoms with Gasteiger partial charge in [0, 0.05) is 37.3 Å². The maximum absolute atomic E-state index is 11.7. The average molecular weight is 386 g/mol. The Morgan fingerprint density at radius 2 is 1.90 bits per heavy atom. The van der Waals surface area contributed by atoms with E-state index < -0.39 is 0 Å². The highest BCUT2D eigenvalue weighted by atomic mass is 16.3. The molecule has 0 saturated carbocycles. The summed E-state index contributed by atoms with van der Waals surface area (Å²) in [5.74, 6) is 0.709. The van der Waals surface area contributed by atoms with Crippen molar-refractivity contribution in [3.8, 4) is 17.3 Å². The standard InChI is InChI=1S/C23H22N4O2/c1-17(28)19-7-8-20(14-24)22(13-19)27-11-9-26(10-12-27)15-23-25-21(16-29-23)18-5-3-2-4-6-18/h2-8,13,16H,9-12,15H2,1H3. The molecule has 3 aromatic rings. The van der Waals surface area contributed by atoms with Crippen LogP contribution >= 0.6 is 0 Å². The lowest BCUT2D eigenvalue weighted by Gasteiger charge is -2.36. The Morgan fingerprint density at radius 3 is 2.59 bits per heavy atom. The Bertz CT molecular complexity index is 1040. The molecule has 1 aliphatic heterocycles. The van der Waals surface area contributed by atoms with Gasteiger partial charge in [-0.1, -0.05) is 30.3 Å². The molecule has 29 heavy (non-hydrogen) atoms. The van der Waals surface area contributed by atoms with E-state index in [0.29, 0.717) is 23.6 Å². The van der Waals surface area contributed by atoms with Crippen LogP contribution in [0, 0.1) is 11.3 Å². The molecule has 2 aromatic carbocycles. The van der Waals surface area contributed by atoms with Crippen molar-refractivity contribution < 1.29 is 9.21 Å². The average Bonchev–Trinajstić information content (AvgIpc) is 3.23. The van der Waals surface area contributed by atoms with Crippen LogP contribution in [0.1, 0.15) is 28.7 Å². The van der Waals surface area contributed by atoms with Gasteiger partial charge in [0.1, 0.15) is 18.0 Å². The van der Waals surface area contributed by atoms with Crippen molar-refractivity contribution in [3.05, 3.63) is 71.8 Å². The Labute approximate surface area is 170 Å². The van der Waals surface area contributed by atoms with Gasteiger partial charge in [-0.05, 0) is 25.1 Å². The Balaban J connectivity index is 1.40. The van der Waals surface area contributed by atoms with Crippen molar-refractivity contribution in [2.24, 2.45) is 0 Å². The van der Waals surface area contributed by atoms with Crippen LogP contribution in [-0.2, 0) is 6.54 Å². The highest BCUT2D eigenvalue weighted by Crippen LogP contribution is 2.24. The lowest BCUT2D eigenvalue weighted by molar-refractivity contribution is 0.101. The third-order valence-electron chi connectivity index (χ3n) is 5.22. The molecule has 1 aromatic heterocycles. The molecule has 0 atom stereocenters. The molecule has 4 rings (SSSR count). The minimum Gasteiger partial charge on any atom is -0.447 e. The molecule has 1 fully saturated rings. The first-order valence-corrected chi connectivity index (χ1v) is 9.66. The molecule has 0 spiro atoms. The van der Waals surface area contributed by atoms with Gasteiger partial charge in [-0.25, -0.2) is 4.98 Å². The van der Waals surface area contributed by atoms with E-state index >= 15 is 0 Å². The van der Waals surface area contributed by atoms with Crippen LogP contribution in [0.15, 0.2) is 59.2 Å². The number of hydrogen-bond donors (Lipinski definition) is 0. The van der Waals surface area contributed by atoms with Crippen molar-refractivity contribution in [2.45, 2.75) is 13.5 Å². The zero-order valence-electron chi connectivity index (χ0n) is 16.3. The van der Waals surface area contributed by atoms with Gasteiger partial charge in [-0.15, -0.1) is 0 Å². The number of nitriles is 1. The highest BCUT2D eigenvalue weighted by molar-refractivity contribution is 5.95. The number of nitrogens with zero attached hydrogens (tertiary/aromatic N) is 4. The summed E-state index contributed by atoms with van der Waals surface area (Å²) in [4.78, 5) is 20.8. The minimum absolute atomic E-state index is 0.00693. The summed E-state index contributed by atoms with van der Waals surface area (Å²) in [6.07, 6.45) is 1.70. The molecular formula is C23H22N4O2. The minimum atomic E-state index is 0.00693. The zero-order chi connectivity index (χ0) is 20.2. The van der Waals surface area contributed by atoms with Crippen molar-refractivity contribution in [2.75, 3.05) is 31.1 Å². The number of benzene rings is 2. The van der Waals surface area contributed by atoms with Gasteiger partial charge in [0.05, 0.1) is 17.8 Å². The largest absolute Gasteiger partial charge is 0.447 e. The normalized spacial score (nSPS) is 14.6. The molecule has 0 N–H and O–H groups in total. The maximum Gasteiger partial charge on any atom is 0.208 e. The lowest BCUT2D eigenvalue weighted by Crippen LogP contribution is -2.46. The first-order chi connectivity index (χ1) is 14.1. The number of anilines is 1. The van der Waals surface area contributed by atoms with Crippen LogP contribution in [0.25, 0.3) is 11.3 Å². The van der Waals surface area contributed by atoms with E-state index in [9.17, 15) is 10.1 Å². The number of Topliss-reactive ketones (excluding diaryl/α,β-unsaturated/α-hetero) is 1. The number of oxazole rings is 1. The van der Waals surface area contributed by atoms with E-state index in [0.717, 1.165) is 43.1 Å². The van der Waals surface area contributed by atoms with Crippen LogP contribution in [-0.4, -0.2) is 41.8 Å². The van der Waals surface area contributed by atoms with Crippen LogP contribution < -0.4 is 4.90 Å². The third-order valence-corrected chi connectivity index (χ3v) is 5.22. The molecule has 0 amide bonds. The summed E-state index contributed by atoms with van der Waals surface area (Å²) in [7, 11) is 0. The predicted octanol–water partition coefficient (Wildman–Crippen LogP) is 3.74. The topological polar surface area (TPSA) is 73.4 Å². The zero-order valence-corrected chi connectivity index (χ0v) is 16.3. The summed E-state index contributed by atoms with van der Waals surface area (Å²) in [6, 6.07) is 17.5. The molecule has 146 valence electrons. The molecule has 1 aliphatic rings. The van der Waals surface area contributed by atoms with Crippen molar-refractivity contribution in [3.63, 3.8) is 0 Å². The van der Waals surface area contributed by atoms with E-state index in [1.165, 1.54) is 0 Å². The molecule has 6 nitrogen and oxygen atoms in total. The second kappa shape index (κ2) is 8.29. The van der Waals surface area contributed by atoms with Gasteiger partial charge in [-0.2, -0.15) is 5.26 Å². The van der Waals surface area contributed by atoms with Crippen LogP contribution in [0.2, 0.25) is 0 Å². The smallest absolute Gasteiger partial charge is 0.208 e. The van der Waals surface area contributed by atoms with Crippen molar-refractivity contribution >= 4 is 11.5 Å². The third kappa shape index (κ3) is 4.20. The number of carbonyl (C=O) groups is 1. The van der Waals surface area contributed by atoms with Gasteiger partial charge in [0.25, 0.3) is 0 Å². The SMILES string of the molecule is CC(=O)c1ccc(C#N)c(N2CCN(Cc3nc(-c4ccccc4)co3)CC2)c1. The monoisotopic (exact) mass is 386 g/mol. The number of rotatable bonds is 5. The molecule has 1 saturated heterocycles. The summed E-state index contributed by atoms with van der Waals surface area (Å²) >= 11 is 0. The number of piperazine rings is 1. The number of hydrogen-bond acceptors (Lipinski definition) is 6. The quantitative estimate of drug-likeness (QED) is 0.622. The molecule has 0 radical (unpaired) electrons. The van der Waals surface area contributed by atoms with Crippen molar-refractivity contribution in [1.29, 1.82) is 5.26 Å². The van der Waals surface area contributed by atoms with Crippen LogP contribution in [0.5, 0.6) is 0 Å². The fraction of sp³-hybridized carbons (Fsp3) is 0.261. The molecule has 2 heterocycles. The van der Waals surface area contributed by atoms with Gasteiger partial charge >= 0.3 is 0 Å². The number of ketones is 1. The van der Waals surface area contributed by atoms with Gasteiger partial charge < -0.3 is 9.32 Å². The summed E-state index contributed by atoms with van der Waals surface area (Å²) in [5.41, 5.74) is 3.96.